The lowest BCUT2D eigenvalue weighted by Crippen LogP contribution is -2.22. The van der Waals surface area contributed by atoms with E-state index in [-0.39, 0.29) is 11.8 Å². The molecule has 2 N–H and O–H groups in total. The average molecular weight is 265 g/mol. The Morgan fingerprint density at radius 3 is 3.18 bits per heavy atom. The highest BCUT2D eigenvalue weighted by Gasteiger charge is 2.30. The van der Waals surface area contributed by atoms with Gasteiger partial charge in [0, 0.05) is 24.3 Å². The van der Waals surface area contributed by atoms with Gasteiger partial charge in [0.05, 0.1) is 4.88 Å². The van der Waals surface area contributed by atoms with E-state index >= 15 is 0 Å². The Morgan fingerprint density at radius 1 is 1.59 bits per heavy atom. The number of rotatable bonds is 2. The molecule has 0 radical (unpaired) electrons. The molecule has 0 bridgehead atoms. The second-order valence-corrected chi connectivity index (χ2v) is 5.81. The first-order valence-corrected chi connectivity index (χ1v) is 6.99. The maximum Gasteiger partial charge on any atom is 0.226 e. The van der Waals surface area contributed by atoms with Crippen LogP contribution in [0.2, 0.25) is 0 Å². The van der Waals surface area contributed by atoms with E-state index in [1.165, 1.54) is 4.88 Å². The minimum absolute atomic E-state index is 0.0452. The molecule has 4 nitrogen and oxygen atoms in total. The average Bonchev–Trinajstić information content (AvgIpc) is 2.96. The molecule has 0 saturated carbocycles. The molecular weight excluding hydrogens is 254 g/mol. The third kappa shape index (κ3) is 1.83. The maximum atomic E-state index is 11.7. The van der Waals surface area contributed by atoms with Gasteiger partial charge in [-0.3, -0.25) is 4.79 Å². The Hall–Kier alpha value is -1.40. The van der Waals surface area contributed by atoms with Crippen LogP contribution in [0.5, 0.6) is 0 Å². The van der Waals surface area contributed by atoms with E-state index in [0.29, 0.717) is 12.2 Å². The lowest BCUT2D eigenvalue weighted by molar-refractivity contribution is -0.116. The number of nitrogens with zero attached hydrogens (tertiary/aromatic N) is 1. The van der Waals surface area contributed by atoms with Gasteiger partial charge in [0.2, 0.25) is 5.91 Å². The summed E-state index contributed by atoms with van der Waals surface area (Å²) in [5.41, 5.74) is 0. The van der Waals surface area contributed by atoms with Crippen molar-refractivity contribution in [2.24, 2.45) is 0 Å². The first kappa shape index (κ1) is 10.7. The van der Waals surface area contributed by atoms with Crippen LogP contribution in [0.4, 0.5) is 10.9 Å². The number of hydrogen-bond donors (Lipinski definition) is 2. The molecule has 1 amide bonds. The Kier molecular flexibility index (Phi) is 2.60. The highest BCUT2D eigenvalue weighted by atomic mass is 32.1. The summed E-state index contributed by atoms with van der Waals surface area (Å²) in [7, 11) is 1.84. The van der Waals surface area contributed by atoms with Gasteiger partial charge in [-0.05, 0) is 11.4 Å². The van der Waals surface area contributed by atoms with Crippen LogP contribution >= 0.6 is 22.7 Å². The predicted octanol–water partition coefficient (Wildman–Crippen LogP) is 2.72. The van der Waals surface area contributed by atoms with Gasteiger partial charge in [-0.25, -0.2) is 4.98 Å². The lowest BCUT2D eigenvalue weighted by Gasteiger charge is -2.19. The summed E-state index contributed by atoms with van der Waals surface area (Å²) in [5.74, 6) is 0.927. The lowest BCUT2D eigenvalue weighted by atomic mass is 9.98. The highest BCUT2D eigenvalue weighted by molar-refractivity contribution is 7.16. The molecule has 0 spiro atoms. The molecule has 3 rings (SSSR count). The quantitative estimate of drug-likeness (QED) is 0.878. The van der Waals surface area contributed by atoms with Gasteiger partial charge in [0.1, 0.15) is 5.82 Å². The van der Waals surface area contributed by atoms with Crippen LogP contribution in [0, 0.1) is 0 Å². The molecule has 1 atom stereocenters. The number of aromatic nitrogens is 1. The van der Waals surface area contributed by atoms with Crippen molar-refractivity contribution >= 4 is 39.5 Å². The van der Waals surface area contributed by atoms with Crippen LogP contribution in [0.25, 0.3) is 0 Å². The molecule has 2 aromatic heterocycles. The van der Waals surface area contributed by atoms with Crippen molar-refractivity contribution in [3.63, 3.8) is 0 Å². The van der Waals surface area contributed by atoms with Gasteiger partial charge < -0.3 is 10.6 Å². The fraction of sp³-hybridized carbons (Fsp3) is 0.273. The van der Waals surface area contributed by atoms with Crippen molar-refractivity contribution in [3.8, 4) is 0 Å². The fourth-order valence-electron chi connectivity index (χ4n) is 1.95. The minimum Gasteiger partial charge on any atom is -0.365 e. The molecule has 6 heteroatoms. The molecule has 0 aromatic carbocycles. The zero-order valence-corrected chi connectivity index (χ0v) is 10.8. The normalized spacial score (nSPS) is 18.6. The van der Waals surface area contributed by atoms with E-state index < -0.39 is 0 Å². The van der Waals surface area contributed by atoms with Crippen molar-refractivity contribution in [2.45, 2.75) is 12.3 Å². The third-order valence-electron chi connectivity index (χ3n) is 2.72. The van der Waals surface area contributed by atoms with Gasteiger partial charge in [-0.2, -0.15) is 0 Å². The zero-order valence-electron chi connectivity index (χ0n) is 9.19. The number of thiophene rings is 1. The van der Waals surface area contributed by atoms with Crippen LogP contribution in [0.3, 0.4) is 0 Å². The molecule has 0 saturated heterocycles. The molecule has 1 aliphatic heterocycles. The van der Waals surface area contributed by atoms with Crippen LogP contribution in [0.1, 0.15) is 22.1 Å². The van der Waals surface area contributed by atoms with Gasteiger partial charge >= 0.3 is 0 Å². The summed E-state index contributed by atoms with van der Waals surface area (Å²) in [4.78, 5) is 18.4. The number of nitrogens with one attached hydrogen (secondary N) is 2. The van der Waals surface area contributed by atoms with E-state index in [9.17, 15) is 4.79 Å². The largest absolute Gasteiger partial charge is 0.365 e. The molecule has 1 aliphatic rings. The smallest absolute Gasteiger partial charge is 0.226 e. The van der Waals surface area contributed by atoms with E-state index in [0.717, 1.165) is 10.0 Å². The van der Waals surface area contributed by atoms with Gasteiger partial charge in [0.25, 0.3) is 0 Å². The first-order chi connectivity index (χ1) is 8.28. The molecule has 88 valence electrons. The SMILES string of the molecule is CNc1nc2c(s1)[C@@H](c1cccs1)CC(=O)N2. The van der Waals surface area contributed by atoms with Crippen LogP contribution in [0.15, 0.2) is 17.5 Å². The topological polar surface area (TPSA) is 54.0 Å². The third-order valence-corrected chi connectivity index (χ3v) is 4.89. The second kappa shape index (κ2) is 4.12. The van der Waals surface area contributed by atoms with E-state index in [1.807, 2.05) is 18.5 Å². The second-order valence-electron chi connectivity index (χ2n) is 3.80. The van der Waals surface area contributed by atoms with E-state index in [4.69, 9.17) is 0 Å². The summed E-state index contributed by atoms with van der Waals surface area (Å²) >= 11 is 3.30. The van der Waals surface area contributed by atoms with Gasteiger partial charge in [-0.15, -0.1) is 11.3 Å². The van der Waals surface area contributed by atoms with Crippen LogP contribution < -0.4 is 10.6 Å². The summed E-state index contributed by atoms with van der Waals surface area (Å²) < 4.78 is 0. The molecular formula is C11H11N3OS2. The summed E-state index contributed by atoms with van der Waals surface area (Å²) in [6.45, 7) is 0. The van der Waals surface area contributed by atoms with Crippen molar-refractivity contribution in [3.05, 3.63) is 27.3 Å². The summed E-state index contributed by atoms with van der Waals surface area (Å²) in [6.07, 6.45) is 0.513. The number of thiazole rings is 1. The number of carbonyl (C=O) groups excluding carboxylic acids is 1. The van der Waals surface area contributed by atoms with Crippen molar-refractivity contribution in [1.29, 1.82) is 0 Å². The Balaban J connectivity index is 2.07. The number of hydrogen-bond acceptors (Lipinski definition) is 5. The van der Waals surface area contributed by atoms with Crippen LogP contribution in [-0.2, 0) is 4.79 Å². The van der Waals surface area contributed by atoms with Crippen molar-refractivity contribution in [2.75, 3.05) is 17.7 Å². The number of fused-ring (bicyclic) bond motifs is 1. The number of amides is 1. The Bertz CT molecular complexity index is 547. The maximum absolute atomic E-state index is 11.7. The predicted molar refractivity (Wildman–Crippen MR) is 71.1 cm³/mol. The first-order valence-electron chi connectivity index (χ1n) is 5.29. The Labute approximate surface area is 107 Å². The van der Waals surface area contributed by atoms with Gasteiger partial charge in [0.15, 0.2) is 5.13 Å². The molecule has 3 heterocycles. The van der Waals surface area contributed by atoms with Crippen LogP contribution in [-0.4, -0.2) is 17.9 Å². The molecule has 0 fully saturated rings. The van der Waals surface area contributed by atoms with Crippen molar-refractivity contribution in [1.82, 2.24) is 4.98 Å². The molecule has 17 heavy (non-hydrogen) atoms. The fourth-order valence-corrected chi connectivity index (χ4v) is 3.85. The molecule has 0 unspecified atom stereocenters. The van der Waals surface area contributed by atoms with Gasteiger partial charge in [-0.1, -0.05) is 17.4 Å². The van der Waals surface area contributed by atoms with E-state index in [1.54, 1.807) is 22.7 Å². The minimum atomic E-state index is 0.0452. The zero-order chi connectivity index (χ0) is 11.8. The van der Waals surface area contributed by atoms with Crippen molar-refractivity contribution < 1.29 is 4.79 Å². The summed E-state index contributed by atoms with van der Waals surface area (Å²) in [5, 5.41) is 8.75. The highest BCUT2D eigenvalue weighted by Crippen LogP contribution is 2.43. The molecule has 2 aromatic rings. The standard InChI is InChI=1S/C11H11N3OS2/c1-12-11-14-10-9(17-11)6(5-8(15)13-10)7-3-2-4-16-7/h2-4,6H,5H2,1H3,(H,12,14)(H,13,15)/t6-/m1/s1. The monoisotopic (exact) mass is 265 g/mol. The number of carbonyl (C=O) groups is 1. The number of anilines is 2. The van der Waals surface area contributed by atoms with E-state index in [2.05, 4.69) is 21.7 Å². The Morgan fingerprint density at radius 2 is 2.47 bits per heavy atom. The summed E-state index contributed by atoms with van der Waals surface area (Å²) in [6, 6.07) is 4.10. The molecule has 0 aliphatic carbocycles.